The van der Waals surface area contributed by atoms with Crippen LogP contribution in [0.5, 0.6) is 5.75 Å². The van der Waals surface area contributed by atoms with Gasteiger partial charge in [0.2, 0.25) is 17.1 Å². The summed E-state index contributed by atoms with van der Waals surface area (Å²) in [5.41, 5.74) is 3.20. The van der Waals surface area contributed by atoms with E-state index in [-0.39, 0.29) is 16.8 Å². The molecule has 0 saturated carbocycles. The summed E-state index contributed by atoms with van der Waals surface area (Å²) < 4.78 is 28.1. The monoisotopic (exact) mass is 524 g/mol. The highest BCUT2D eigenvalue weighted by molar-refractivity contribution is 5.86. The van der Waals surface area contributed by atoms with Crippen molar-refractivity contribution in [3.8, 4) is 17.1 Å². The molecule has 0 N–H and O–H groups in total. The Labute approximate surface area is 225 Å². The van der Waals surface area contributed by atoms with Crippen LogP contribution in [0.4, 0.5) is 10.1 Å². The number of rotatable bonds is 7. The summed E-state index contributed by atoms with van der Waals surface area (Å²) >= 11 is 0. The van der Waals surface area contributed by atoms with Crippen molar-refractivity contribution in [3.63, 3.8) is 0 Å². The van der Waals surface area contributed by atoms with Crippen LogP contribution in [0.15, 0.2) is 82.2 Å². The number of methoxy groups -OCH3 is 1. The van der Waals surface area contributed by atoms with Gasteiger partial charge in [-0.05, 0) is 54.7 Å². The van der Waals surface area contributed by atoms with Crippen molar-refractivity contribution in [2.45, 2.75) is 32.2 Å². The molecule has 1 aliphatic heterocycles. The summed E-state index contributed by atoms with van der Waals surface area (Å²) in [5, 5.41) is 4.41. The average Bonchev–Trinajstić information content (AvgIpc) is 3.44. The topological polar surface area (TPSA) is 73.4 Å². The second-order valence-corrected chi connectivity index (χ2v) is 9.89. The minimum atomic E-state index is -0.391. The molecule has 0 spiro atoms. The molecule has 5 aromatic rings. The van der Waals surface area contributed by atoms with E-state index in [1.54, 1.807) is 13.3 Å². The number of anilines is 1. The van der Waals surface area contributed by atoms with Gasteiger partial charge in [0.25, 0.3) is 0 Å². The lowest BCUT2D eigenvalue weighted by atomic mass is 10.1. The first-order chi connectivity index (χ1) is 19.1. The van der Waals surface area contributed by atoms with Crippen molar-refractivity contribution in [1.82, 2.24) is 14.7 Å². The lowest BCUT2D eigenvalue weighted by Crippen LogP contribution is -2.30. The van der Waals surface area contributed by atoms with Crippen LogP contribution in [0.25, 0.3) is 22.3 Å². The lowest BCUT2D eigenvalue weighted by molar-refractivity contribution is 0.385. The Bertz CT molecular complexity index is 1660. The number of piperidine rings is 1. The van der Waals surface area contributed by atoms with E-state index in [2.05, 4.69) is 15.0 Å². The standard InChI is InChI=1S/C31H29FN4O3/c1-38-23-12-10-21(11-13-23)16-29-33-31(34-39-29)25-20-36(19-22-8-4-2-5-9-22)27-18-28(35-14-6-3-7-15-35)26(32)17-24(27)30(25)37/h2,4-5,8-13,17-18,20H,3,6-7,14-16,19H2,1H3. The van der Waals surface area contributed by atoms with Crippen molar-refractivity contribution >= 4 is 16.6 Å². The molecule has 3 heterocycles. The maximum atomic E-state index is 15.4. The van der Waals surface area contributed by atoms with E-state index in [0.717, 1.165) is 49.2 Å². The Balaban J connectivity index is 1.42. The molecule has 7 nitrogen and oxygen atoms in total. The van der Waals surface area contributed by atoms with Crippen LogP contribution in [0, 0.1) is 5.82 Å². The van der Waals surface area contributed by atoms with Gasteiger partial charge in [0, 0.05) is 31.2 Å². The molecule has 2 aromatic heterocycles. The molecule has 0 unspecified atom stereocenters. The average molecular weight is 525 g/mol. The molecule has 0 bridgehead atoms. The predicted molar refractivity (Wildman–Crippen MR) is 149 cm³/mol. The fourth-order valence-corrected chi connectivity index (χ4v) is 5.20. The summed E-state index contributed by atoms with van der Waals surface area (Å²) in [5.74, 6) is 0.942. The third kappa shape index (κ3) is 5.14. The van der Waals surface area contributed by atoms with Gasteiger partial charge < -0.3 is 18.7 Å². The number of hydrogen-bond acceptors (Lipinski definition) is 6. The summed E-state index contributed by atoms with van der Waals surface area (Å²) in [6.07, 6.45) is 5.39. The highest BCUT2D eigenvalue weighted by Gasteiger charge is 2.21. The second kappa shape index (κ2) is 10.7. The Morgan fingerprint density at radius 2 is 1.74 bits per heavy atom. The second-order valence-electron chi connectivity index (χ2n) is 9.89. The van der Waals surface area contributed by atoms with E-state index < -0.39 is 5.82 Å². The van der Waals surface area contributed by atoms with Crippen LogP contribution in [-0.2, 0) is 13.0 Å². The minimum Gasteiger partial charge on any atom is -0.497 e. The molecule has 6 rings (SSSR count). The first-order valence-electron chi connectivity index (χ1n) is 13.2. The summed E-state index contributed by atoms with van der Waals surface area (Å²) in [6.45, 7) is 2.12. The van der Waals surface area contributed by atoms with Gasteiger partial charge >= 0.3 is 0 Å². The largest absolute Gasteiger partial charge is 0.497 e. The quantitative estimate of drug-likeness (QED) is 0.267. The number of hydrogen-bond donors (Lipinski definition) is 0. The molecule has 1 fully saturated rings. The molecule has 0 aliphatic carbocycles. The number of ether oxygens (including phenoxy) is 1. The fourth-order valence-electron chi connectivity index (χ4n) is 5.20. The van der Waals surface area contributed by atoms with E-state index in [1.807, 2.05) is 65.2 Å². The molecule has 198 valence electrons. The third-order valence-electron chi connectivity index (χ3n) is 7.26. The Morgan fingerprint density at radius 1 is 0.974 bits per heavy atom. The fraction of sp³-hybridized carbons (Fsp3) is 0.258. The molecule has 1 saturated heterocycles. The molecule has 39 heavy (non-hydrogen) atoms. The highest BCUT2D eigenvalue weighted by Crippen LogP contribution is 2.29. The van der Waals surface area contributed by atoms with Crippen LogP contribution >= 0.6 is 0 Å². The number of halogens is 1. The van der Waals surface area contributed by atoms with Gasteiger partial charge in [-0.2, -0.15) is 4.98 Å². The van der Waals surface area contributed by atoms with E-state index >= 15 is 4.39 Å². The number of aromatic nitrogens is 3. The highest BCUT2D eigenvalue weighted by atomic mass is 19.1. The molecule has 0 radical (unpaired) electrons. The van der Waals surface area contributed by atoms with Gasteiger partial charge in [-0.1, -0.05) is 47.6 Å². The van der Waals surface area contributed by atoms with Gasteiger partial charge in [0.15, 0.2) is 0 Å². The normalized spacial score (nSPS) is 13.6. The molecule has 1 aliphatic rings. The summed E-state index contributed by atoms with van der Waals surface area (Å²) in [4.78, 5) is 20.3. The van der Waals surface area contributed by atoms with Crippen LogP contribution in [0.2, 0.25) is 0 Å². The molecule has 0 amide bonds. The van der Waals surface area contributed by atoms with Crippen molar-refractivity contribution in [1.29, 1.82) is 0 Å². The number of benzene rings is 3. The molecule has 0 atom stereocenters. The van der Waals surface area contributed by atoms with E-state index in [4.69, 9.17) is 9.26 Å². The number of nitrogens with zero attached hydrogens (tertiary/aromatic N) is 4. The predicted octanol–water partition coefficient (Wildman–Crippen LogP) is 5.83. The zero-order chi connectivity index (χ0) is 26.8. The van der Waals surface area contributed by atoms with Gasteiger partial charge in [-0.3, -0.25) is 4.79 Å². The minimum absolute atomic E-state index is 0.188. The van der Waals surface area contributed by atoms with Crippen molar-refractivity contribution in [2.24, 2.45) is 0 Å². The zero-order valence-electron chi connectivity index (χ0n) is 21.8. The number of fused-ring (bicyclic) bond motifs is 1. The maximum absolute atomic E-state index is 15.4. The van der Waals surface area contributed by atoms with Gasteiger partial charge in [0.05, 0.1) is 30.3 Å². The Hall–Kier alpha value is -4.46. The number of pyridine rings is 1. The van der Waals surface area contributed by atoms with Crippen LogP contribution < -0.4 is 15.1 Å². The van der Waals surface area contributed by atoms with Crippen LogP contribution in [0.1, 0.15) is 36.3 Å². The van der Waals surface area contributed by atoms with E-state index in [9.17, 15) is 4.79 Å². The molecule has 3 aromatic carbocycles. The van der Waals surface area contributed by atoms with E-state index in [1.165, 1.54) is 6.07 Å². The zero-order valence-corrected chi connectivity index (χ0v) is 21.8. The lowest BCUT2D eigenvalue weighted by Gasteiger charge is -2.29. The molecular formula is C31H29FN4O3. The van der Waals surface area contributed by atoms with Gasteiger partial charge in [-0.15, -0.1) is 0 Å². The summed E-state index contributed by atoms with van der Waals surface area (Å²) in [7, 11) is 1.62. The molecular weight excluding hydrogens is 495 g/mol. The summed E-state index contributed by atoms with van der Waals surface area (Å²) in [6, 6.07) is 20.7. The maximum Gasteiger partial charge on any atom is 0.231 e. The molecule has 8 heteroatoms. The van der Waals surface area contributed by atoms with Crippen LogP contribution in [-0.4, -0.2) is 34.9 Å². The third-order valence-corrected chi connectivity index (χ3v) is 7.26. The van der Waals surface area contributed by atoms with Gasteiger partial charge in [-0.25, -0.2) is 4.39 Å². The Morgan fingerprint density at radius 3 is 2.49 bits per heavy atom. The first kappa shape index (κ1) is 24.9. The van der Waals surface area contributed by atoms with Crippen molar-refractivity contribution < 1.29 is 13.7 Å². The first-order valence-corrected chi connectivity index (χ1v) is 13.2. The van der Waals surface area contributed by atoms with Crippen molar-refractivity contribution in [3.05, 3.63) is 106 Å². The SMILES string of the molecule is COc1ccc(Cc2nc(-c3cn(Cc4ccccc4)c4cc(N5CCCCC5)c(F)cc4c3=O)no2)cc1. The van der Waals surface area contributed by atoms with Crippen molar-refractivity contribution in [2.75, 3.05) is 25.1 Å². The van der Waals surface area contributed by atoms with E-state index in [0.29, 0.717) is 35.4 Å². The van der Waals surface area contributed by atoms with Gasteiger partial charge in [0.1, 0.15) is 11.6 Å². The smallest absolute Gasteiger partial charge is 0.231 e. The van der Waals surface area contributed by atoms with Crippen LogP contribution in [0.3, 0.4) is 0 Å². The Kier molecular flexibility index (Phi) is 6.84.